The van der Waals surface area contributed by atoms with Crippen molar-refractivity contribution in [1.82, 2.24) is 0 Å². The van der Waals surface area contributed by atoms with Gasteiger partial charge in [0.05, 0.1) is 24.2 Å². The Balaban J connectivity index is 2.19. The Morgan fingerprint density at radius 3 is 2.38 bits per heavy atom. The molecule has 0 bridgehead atoms. The van der Waals surface area contributed by atoms with Gasteiger partial charge in [-0.1, -0.05) is 12.1 Å². The summed E-state index contributed by atoms with van der Waals surface area (Å²) >= 11 is 1.50. The molecule has 0 aliphatic rings. The molecule has 6 nitrogen and oxygen atoms in total. The maximum Gasteiger partial charge on any atom is 0.245 e. The molecule has 26 heavy (non-hydrogen) atoms. The van der Waals surface area contributed by atoms with Gasteiger partial charge in [0.1, 0.15) is 12.3 Å². The van der Waals surface area contributed by atoms with Crippen LogP contribution in [0.4, 0.5) is 11.4 Å². The number of sulfonamides is 1. The van der Waals surface area contributed by atoms with Gasteiger partial charge in [0.25, 0.3) is 0 Å². The van der Waals surface area contributed by atoms with Gasteiger partial charge in [0.2, 0.25) is 15.9 Å². The van der Waals surface area contributed by atoms with Gasteiger partial charge in [-0.2, -0.15) is 0 Å². The van der Waals surface area contributed by atoms with Crippen LogP contribution in [0.1, 0.15) is 6.92 Å². The van der Waals surface area contributed by atoms with E-state index < -0.39 is 15.9 Å². The Morgan fingerprint density at radius 2 is 1.81 bits per heavy atom. The summed E-state index contributed by atoms with van der Waals surface area (Å²) in [5, 5.41) is 2.77. The lowest BCUT2D eigenvalue weighted by atomic mass is 10.3. The molecule has 0 aliphatic heterocycles. The average Bonchev–Trinajstić information content (AvgIpc) is 2.60. The molecule has 2 rings (SSSR count). The first-order valence-electron chi connectivity index (χ1n) is 7.98. The van der Waals surface area contributed by atoms with Crippen LogP contribution < -0.4 is 14.4 Å². The molecule has 2 aromatic rings. The molecule has 1 N–H and O–H groups in total. The van der Waals surface area contributed by atoms with E-state index in [2.05, 4.69) is 5.32 Å². The van der Waals surface area contributed by atoms with Crippen molar-refractivity contribution in [1.29, 1.82) is 0 Å². The van der Waals surface area contributed by atoms with E-state index in [1.54, 1.807) is 30.3 Å². The monoisotopic (exact) mass is 394 g/mol. The van der Waals surface area contributed by atoms with E-state index in [9.17, 15) is 13.2 Å². The van der Waals surface area contributed by atoms with E-state index in [-0.39, 0.29) is 6.54 Å². The summed E-state index contributed by atoms with van der Waals surface area (Å²) in [7, 11) is -3.62. The fourth-order valence-electron chi connectivity index (χ4n) is 2.34. The number of nitrogens with one attached hydrogen (secondary N) is 1. The van der Waals surface area contributed by atoms with Crippen LogP contribution in [-0.2, 0) is 14.8 Å². The normalized spacial score (nSPS) is 11.0. The fraction of sp³-hybridized carbons (Fsp3) is 0.278. The van der Waals surface area contributed by atoms with Gasteiger partial charge in [0, 0.05) is 4.90 Å². The molecule has 0 aromatic heterocycles. The number of rotatable bonds is 8. The number of para-hydroxylation sites is 1. The Morgan fingerprint density at radius 1 is 1.15 bits per heavy atom. The van der Waals surface area contributed by atoms with Crippen LogP contribution in [0.5, 0.6) is 5.75 Å². The second kappa shape index (κ2) is 8.95. The Bertz CT molecular complexity index is 852. The molecular weight excluding hydrogens is 372 g/mol. The smallest absolute Gasteiger partial charge is 0.245 e. The minimum absolute atomic E-state index is 0.310. The van der Waals surface area contributed by atoms with Gasteiger partial charge in [-0.15, -0.1) is 11.8 Å². The van der Waals surface area contributed by atoms with E-state index in [0.29, 0.717) is 23.7 Å². The molecule has 140 valence electrons. The van der Waals surface area contributed by atoms with Gasteiger partial charge in [0.15, 0.2) is 0 Å². The van der Waals surface area contributed by atoms with Crippen molar-refractivity contribution >= 4 is 39.1 Å². The highest BCUT2D eigenvalue weighted by atomic mass is 32.2. The third-order valence-electron chi connectivity index (χ3n) is 3.50. The summed E-state index contributed by atoms with van der Waals surface area (Å²) in [6, 6.07) is 14.0. The lowest BCUT2D eigenvalue weighted by Crippen LogP contribution is -2.37. The number of nitrogens with zero attached hydrogens (tertiary/aromatic N) is 1. The lowest BCUT2D eigenvalue weighted by molar-refractivity contribution is -0.114. The molecule has 0 saturated heterocycles. The third-order valence-corrected chi connectivity index (χ3v) is 5.44. The van der Waals surface area contributed by atoms with Crippen molar-refractivity contribution in [3.63, 3.8) is 0 Å². The van der Waals surface area contributed by atoms with E-state index in [1.165, 1.54) is 11.8 Å². The topological polar surface area (TPSA) is 75.7 Å². The number of carbonyl (C=O) groups is 1. The molecule has 8 heteroatoms. The quantitative estimate of drug-likeness (QED) is 0.696. The summed E-state index contributed by atoms with van der Waals surface area (Å²) in [5.74, 6) is 0.230. The highest BCUT2D eigenvalue weighted by Crippen LogP contribution is 2.25. The van der Waals surface area contributed by atoms with Crippen molar-refractivity contribution in [2.24, 2.45) is 0 Å². The van der Waals surface area contributed by atoms with E-state index in [0.717, 1.165) is 15.5 Å². The standard InChI is InChI=1S/C18H22N2O4S2/c1-4-24-15-11-9-14(10-12-15)20(26(3,22)23)13-18(21)19-16-7-5-6-8-17(16)25-2/h5-12H,4,13H2,1-3H3,(H,19,21). The number of hydrogen-bond donors (Lipinski definition) is 1. The van der Waals surface area contributed by atoms with Crippen molar-refractivity contribution in [2.45, 2.75) is 11.8 Å². The number of thioether (sulfide) groups is 1. The van der Waals surface area contributed by atoms with E-state index in [4.69, 9.17) is 4.74 Å². The van der Waals surface area contributed by atoms with Crippen LogP contribution >= 0.6 is 11.8 Å². The number of anilines is 2. The first-order valence-corrected chi connectivity index (χ1v) is 11.1. The number of benzene rings is 2. The predicted octanol–water partition coefficient (Wildman–Crippen LogP) is 3.21. The summed E-state index contributed by atoms with van der Waals surface area (Å²) in [6.45, 7) is 2.08. The van der Waals surface area contributed by atoms with Crippen LogP contribution in [0.3, 0.4) is 0 Å². The first kappa shape index (κ1) is 20.1. The Hall–Kier alpha value is -2.19. The molecule has 0 atom stereocenters. The molecular formula is C18H22N2O4S2. The largest absolute Gasteiger partial charge is 0.494 e. The zero-order valence-corrected chi connectivity index (χ0v) is 16.6. The lowest BCUT2D eigenvalue weighted by Gasteiger charge is -2.22. The summed E-state index contributed by atoms with van der Waals surface area (Å²) in [4.78, 5) is 13.3. The average molecular weight is 395 g/mol. The van der Waals surface area contributed by atoms with Gasteiger partial charge >= 0.3 is 0 Å². The van der Waals surface area contributed by atoms with E-state index >= 15 is 0 Å². The van der Waals surface area contributed by atoms with Gasteiger partial charge in [-0.3, -0.25) is 9.10 Å². The van der Waals surface area contributed by atoms with Crippen LogP contribution in [0.2, 0.25) is 0 Å². The Kier molecular flexibility index (Phi) is 6.93. The molecule has 1 amide bonds. The van der Waals surface area contributed by atoms with Crippen LogP contribution in [0.25, 0.3) is 0 Å². The van der Waals surface area contributed by atoms with Crippen LogP contribution in [0.15, 0.2) is 53.4 Å². The summed E-state index contributed by atoms with van der Waals surface area (Å²) in [6.07, 6.45) is 2.99. The zero-order valence-electron chi connectivity index (χ0n) is 14.9. The molecule has 0 heterocycles. The first-order chi connectivity index (χ1) is 12.3. The van der Waals surface area contributed by atoms with Crippen LogP contribution in [-0.4, -0.2) is 40.0 Å². The maximum atomic E-state index is 12.4. The van der Waals surface area contributed by atoms with Gasteiger partial charge < -0.3 is 10.1 Å². The summed E-state index contributed by atoms with van der Waals surface area (Å²) < 4.78 is 30.8. The van der Waals surface area contributed by atoms with Crippen molar-refractivity contribution in [2.75, 3.05) is 35.3 Å². The highest BCUT2D eigenvalue weighted by molar-refractivity contribution is 7.98. The van der Waals surface area contributed by atoms with Crippen LogP contribution in [0, 0.1) is 0 Å². The molecule has 0 saturated carbocycles. The second-order valence-electron chi connectivity index (χ2n) is 5.45. The highest BCUT2D eigenvalue weighted by Gasteiger charge is 2.21. The van der Waals surface area contributed by atoms with E-state index in [1.807, 2.05) is 31.4 Å². The third kappa shape index (κ3) is 5.40. The molecule has 0 spiro atoms. The number of hydrogen-bond acceptors (Lipinski definition) is 5. The number of ether oxygens (including phenoxy) is 1. The van der Waals surface area contributed by atoms with Gasteiger partial charge in [-0.05, 0) is 49.6 Å². The predicted molar refractivity (Wildman–Crippen MR) is 107 cm³/mol. The van der Waals surface area contributed by atoms with Crippen molar-refractivity contribution in [3.8, 4) is 5.75 Å². The number of amides is 1. The minimum atomic E-state index is -3.62. The zero-order chi connectivity index (χ0) is 19.2. The fourth-order valence-corrected chi connectivity index (χ4v) is 3.75. The molecule has 0 aliphatic carbocycles. The number of carbonyl (C=O) groups excluding carboxylic acids is 1. The maximum absolute atomic E-state index is 12.4. The summed E-state index contributed by atoms with van der Waals surface area (Å²) in [5.41, 5.74) is 1.06. The van der Waals surface area contributed by atoms with Crippen molar-refractivity contribution < 1.29 is 17.9 Å². The Labute approximate surface area is 158 Å². The van der Waals surface area contributed by atoms with Gasteiger partial charge in [-0.25, -0.2) is 8.42 Å². The second-order valence-corrected chi connectivity index (χ2v) is 8.20. The molecule has 0 fully saturated rings. The SMILES string of the molecule is CCOc1ccc(N(CC(=O)Nc2ccccc2SC)S(C)(=O)=O)cc1. The minimum Gasteiger partial charge on any atom is -0.494 e. The molecule has 0 unspecified atom stereocenters. The van der Waals surface area contributed by atoms with Crippen molar-refractivity contribution in [3.05, 3.63) is 48.5 Å². The molecule has 2 aromatic carbocycles. The molecule has 0 radical (unpaired) electrons.